The van der Waals surface area contributed by atoms with Gasteiger partial charge in [0, 0.05) is 17.5 Å². The summed E-state index contributed by atoms with van der Waals surface area (Å²) in [6.45, 7) is 2.70. The average Bonchev–Trinajstić information content (AvgIpc) is 3.06. The van der Waals surface area contributed by atoms with Crippen molar-refractivity contribution in [1.82, 2.24) is 5.32 Å². The third kappa shape index (κ3) is 3.86. The smallest absolute Gasteiger partial charge is 0.231 e. The van der Waals surface area contributed by atoms with Gasteiger partial charge in [0.2, 0.25) is 5.91 Å². The van der Waals surface area contributed by atoms with E-state index in [0.29, 0.717) is 6.54 Å². The summed E-state index contributed by atoms with van der Waals surface area (Å²) in [7, 11) is 0. The zero-order valence-electron chi connectivity index (χ0n) is 13.1. The summed E-state index contributed by atoms with van der Waals surface area (Å²) in [6.07, 6.45) is 8.74. The first-order valence-corrected chi connectivity index (χ1v) is 9.16. The molecular formula is C17H28N2OS. The van der Waals surface area contributed by atoms with Crippen molar-refractivity contribution >= 4 is 17.2 Å². The first-order valence-electron chi connectivity index (χ1n) is 8.28. The van der Waals surface area contributed by atoms with Crippen molar-refractivity contribution in [1.29, 1.82) is 0 Å². The van der Waals surface area contributed by atoms with E-state index in [0.717, 1.165) is 44.9 Å². The molecule has 1 aliphatic rings. The van der Waals surface area contributed by atoms with E-state index in [9.17, 15) is 4.79 Å². The molecule has 1 amide bonds. The fourth-order valence-electron chi connectivity index (χ4n) is 3.31. The summed E-state index contributed by atoms with van der Waals surface area (Å²) in [6, 6.07) is 4.30. The van der Waals surface area contributed by atoms with Crippen LogP contribution in [0.3, 0.4) is 0 Å². The predicted molar refractivity (Wildman–Crippen MR) is 89.6 cm³/mol. The third-order valence-corrected chi connectivity index (χ3v) is 5.73. The van der Waals surface area contributed by atoms with E-state index in [-0.39, 0.29) is 17.4 Å². The van der Waals surface area contributed by atoms with Gasteiger partial charge in [-0.25, -0.2) is 0 Å². The number of nitrogens with two attached hydrogens (primary N) is 1. The lowest BCUT2D eigenvalue weighted by molar-refractivity contribution is -0.128. The van der Waals surface area contributed by atoms with Crippen LogP contribution in [-0.4, -0.2) is 18.5 Å². The molecule has 0 aliphatic heterocycles. The largest absolute Gasteiger partial charge is 0.351 e. The summed E-state index contributed by atoms with van der Waals surface area (Å²) in [5, 5.41) is 5.32. The van der Waals surface area contributed by atoms with E-state index in [1.54, 1.807) is 11.3 Å². The molecule has 1 aromatic heterocycles. The number of carbonyl (C=O) groups is 1. The molecule has 3 nitrogen and oxygen atoms in total. The van der Waals surface area contributed by atoms with Crippen LogP contribution in [0, 0.1) is 0 Å². The van der Waals surface area contributed by atoms with Gasteiger partial charge < -0.3 is 11.1 Å². The molecule has 0 spiro atoms. The first-order chi connectivity index (χ1) is 10.2. The van der Waals surface area contributed by atoms with Crippen LogP contribution in [0.25, 0.3) is 0 Å². The second kappa shape index (κ2) is 7.95. The van der Waals surface area contributed by atoms with Crippen LogP contribution >= 0.6 is 11.3 Å². The van der Waals surface area contributed by atoms with Crippen molar-refractivity contribution in [3.8, 4) is 0 Å². The highest BCUT2D eigenvalue weighted by Crippen LogP contribution is 2.41. The summed E-state index contributed by atoms with van der Waals surface area (Å²) < 4.78 is 0. The highest BCUT2D eigenvalue weighted by molar-refractivity contribution is 7.10. The van der Waals surface area contributed by atoms with Crippen molar-refractivity contribution in [2.45, 2.75) is 69.7 Å². The number of carbonyl (C=O) groups excluding carboxylic acids is 1. The minimum absolute atomic E-state index is 0.121. The highest BCUT2D eigenvalue weighted by atomic mass is 32.1. The van der Waals surface area contributed by atoms with Gasteiger partial charge in [-0.3, -0.25) is 4.79 Å². The molecule has 1 atom stereocenters. The molecule has 21 heavy (non-hydrogen) atoms. The Morgan fingerprint density at radius 2 is 2.19 bits per heavy atom. The van der Waals surface area contributed by atoms with Gasteiger partial charge in [0.1, 0.15) is 0 Å². The van der Waals surface area contributed by atoms with Crippen LogP contribution in [0.5, 0.6) is 0 Å². The van der Waals surface area contributed by atoms with E-state index >= 15 is 0 Å². The van der Waals surface area contributed by atoms with Crippen LogP contribution in [-0.2, 0) is 10.2 Å². The lowest BCUT2D eigenvalue weighted by Crippen LogP contribution is -2.50. The monoisotopic (exact) mass is 308 g/mol. The van der Waals surface area contributed by atoms with Crippen molar-refractivity contribution in [3.05, 3.63) is 22.4 Å². The summed E-state index contributed by atoms with van der Waals surface area (Å²) in [5.41, 5.74) is 5.54. The van der Waals surface area contributed by atoms with Gasteiger partial charge >= 0.3 is 0 Å². The molecule has 1 aliphatic carbocycles. The number of unbranched alkanes of at least 4 members (excludes halogenated alkanes) is 1. The maximum Gasteiger partial charge on any atom is 0.231 e. The molecule has 4 heteroatoms. The van der Waals surface area contributed by atoms with E-state index in [4.69, 9.17) is 5.73 Å². The maximum absolute atomic E-state index is 13.0. The van der Waals surface area contributed by atoms with Crippen molar-refractivity contribution in [3.63, 3.8) is 0 Å². The Labute approximate surface area is 132 Å². The van der Waals surface area contributed by atoms with E-state index < -0.39 is 0 Å². The number of nitrogens with one attached hydrogen (secondary N) is 1. The summed E-state index contributed by atoms with van der Waals surface area (Å²) >= 11 is 1.72. The molecule has 1 heterocycles. The summed E-state index contributed by atoms with van der Waals surface area (Å²) in [4.78, 5) is 14.2. The van der Waals surface area contributed by atoms with E-state index in [1.165, 1.54) is 11.3 Å². The Bertz CT molecular complexity index is 424. The fraction of sp³-hybridized carbons (Fsp3) is 0.706. The van der Waals surface area contributed by atoms with Gasteiger partial charge in [0.25, 0.3) is 0 Å². The zero-order valence-corrected chi connectivity index (χ0v) is 13.9. The zero-order chi connectivity index (χ0) is 15.1. The number of hydrogen-bond acceptors (Lipinski definition) is 3. The lowest BCUT2D eigenvalue weighted by Gasteiger charge is -2.36. The van der Waals surface area contributed by atoms with Crippen LogP contribution in [0.1, 0.15) is 63.2 Å². The standard InChI is InChI=1S/C17H28N2OS/c1-2-3-8-14(13-18)19-16(20)17(10-5-4-6-11-17)15-9-7-12-21-15/h7,9,12,14H,2-6,8,10-11,13,18H2,1H3,(H,19,20). The molecule has 118 valence electrons. The molecule has 1 aromatic rings. The van der Waals surface area contributed by atoms with Gasteiger partial charge in [-0.2, -0.15) is 0 Å². The average molecular weight is 308 g/mol. The lowest BCUT2D eigenvalue weighted by atomic mass is 9.72. The van der Waals surface area contributed by atoms with Crippen LogP contribution in [0.15, 0.2) is 17.5 Å². The molecule has 1 saturated carbocycles. The van der Waals surface area contributed by atoms with Crippen LogP contribution < -0.4 is 11.1 Å². The second-order valence-electron chi connectivity index (χ2n) is 6.17. The molecular weight excluding hydrogens is 280 g/mol. The van der Waals surface area contributed by atoms with Crippen LogP contribution in [0.2, 0.25) is 0 Å². The molecule has 0 bridgehead atoms. The Morgan fingerprint density at radius 1 is 1.43 bits per heavy atom. The number of rotatable bonds is 7. The SMILES string of the molecule is CCCCC(CN)NC(=O)C1(c2cccs2)CCCCC1. The fourth-order valence-corrected chi connectivity index (χ4v) is 4.30. The van der Waals surface area contributed by atoms with E-state index in [2.05, 4.69) is 29.8 Å². The molecule has 3 N–H and O–H groups in total. The highest BCUT2D eigenvalue weighted by Gasteiger charge is 2.42. The maximum atomic E-state index is 13.0. The molecule has 0 aromatic carbocycles. The van der Waals surface area contributed by atoms with Crippen LogP contribution in [0.4, 0.5) is 0 Å². The molecule has 1 fully saturated rings. The minimum Gasteiger partial charge on any atom is -0.351 e. The van der Waals surface area contributed by atoms with Gasteiger partial charge in [-0.05, 0) is 30.7 Å². The normalized spacial score (nSPS) is 19.1. The minimum atomic E-state index is -0.300. The number of hydrogen-bond donors (Lipinski definition) is 2. The molecule has 2 rings (SSSR count). The first kappa shape index (κ1) is 16.5. The van der Waals surface area contributed by atoms with Gasteiger partial charge in [-0.15, -0.1) is 11.3 Å². The second-order valence-corrected chi connectivity index (χ2v) is 7.12. The quantitative estimate of drug-likeness (QED) is 0.809. The third-order valence-electron chi connectivity index (χ3n) is 4.66. The van der Waals surface area contributed by atoms with Gasteiger partial charge in [0.05, 0.1) is 5.41 Å². The van der Waals surface area contributed by atoms with E-state index in [1.807, 2.05) is 0 Å². The predicted octanol–water partition coefficient (Wildman–Crippen LogP) is 3.58. The summed E-state index contributed by atoms with van der Waals surface area (Å²) in [5.74, 6) is 0.205. The van der Waals surface area contributed by atoms with Crippen molar-refractivity contribution in [2.75, 3.05) is 6.54 Å². The topological polar surface area (TPSA) is 55.1 Å². The van der Waals surface area contributed by atoms with Crippen molar-refractivity contribution in [2.24, 2.45) is 5.73 Å². The Hall–Kier alpha value is -0.870. The van der Waals surface area contributed by atoms with Crippen molar-refractivity contribution < 1.29 is 4.79 Å². The molecule has 0 radical (unpaired) electrons. The Balaban J connectivity index is 2.11. The molecule has 0 saturated heterocycles. The number of amides is 1. The Kier molecular flexibility index (Phi) is 6.24. The van der Waals surface area contributed by atoms with Gasteiger partial charge in [-0.1, -0.05) is 45.1 Å². The Morgan fingerprint density at radius 3 is 2.76 bits per heavy atom. The van der Waals surface area contributed by atoms with Gasteiger partial charge in [0.15, 0.2) is 0 Å². The number of thiophene rings is 1. The molecule has 1 unspecified atom stereocenters.